The molecule has 29 heavy (non-hydrogen) atoms. The van der Waals surface area contributed by atoms with Gasteiger partial charge in [-0.25, -0.2) is 0 Å². The van der Waals surface area contributed by atoms with E-state index in [0.29, 0.717) is 26.8 Å². The van der Waals surface area contributed by atoms with E-state index in [1.165, 1.54) is 11.1 Å². The molecule has 5 heteroatoms. The Morgan fingerprint density at radius 2 is 1.10 bits per heavy atom. The number of rotatable bonds is 8. The van der Waals surface area contributed by atoms with Gasteiger partial charge in [-0.2, -0.15) is 0 Å². The van der Waals surface area contributed by atoms with Gasteiger partial charge >= 0.3 is 0 Å². The highest BCUT2D eigenvalue weighted by molar-refractivity contribution is 5.47. The number of fused-ring (bicyclic) bond motifs is 2. The van der Waals surface area contributed by atoms with Crippen LogP contribution in [0, 0.1) is 0 Å². The molecule has 2 atom stereocenters. The zero-order valence-corrected chi connectivity index (χ0v) is 17.7. The van der Waals surface area contributed by atoms with Crippen LogP contribution in [0.25, 0.3) is 0 Å². The van der Waals surface area contributed by atoms with Gasteiger partial charge in [-0.1, -0.05) is 39.8 Å². The average Bonchev–Trinajstić information content (AvgIpc) is 3.41. The zero-order valence-electron chi connectivity index (χ0n) is 17.7. The van der Waals surface area contributed by atoms with Crippen LogP contribution in [0.5, 0.6) is 23.0 Å². The van der Waals surface area contributed by atoms with E-state index in [1.807, 2.05) is 12.1 Å². The average molecular weight is 398 g/mol. The molecule has 0 fully saturated rings. The van der Waals surface area contributed by atoms with Gasteiger partial charge in [0.25, 0.3) is 0 Å². The van der Waals surface area contributed by atoms with Crippen molar-refractivity contribution in [3.63, 3.8) is 0 Å². The summed E-state index contributed by atoms with van der Waals surface area (Å²) in [6.07, 6.45) is 1.94. The van der Waals surface area contributed by atoms with Crippen LogP contribution in [0.15, 0.2) is 36.4 Å². The lowest BCUT2D eigenvalue weighted by atomic mass is 9.79. The summed E-state index contributed by atoms with van der Waals surface area (Å²) in [7, 11) is 0. The van der Waals surface area contributed by atoms with Gasteiger partial charge in [0, 0.05) is 10.8 Å². The first-order chi connectivity index (χ1) is 14.0. The summed E-state index contributed by atoms with van der Waals surface area (Å²) in [5, 5.41) is 0. The van der Waals surface area contributed by atoms with E-state index in [2.05, 4.69) is 52.0 Å². The molecule has 0 spiro atoms. The Hall–Kier alpha value is -2.40. The molecular formula is C24H30O5. The van der Waals surface area contributed by atoms with Crippen molar-refractivity contribution in [1.82, 2.24) is 0 Å². The van der Waals surface area contributed by atoms with Gasteiger partial charge < -0.3 is 23.7 Å². The minimum Gasteiger partial charge on any atom is -0.454 e. The number of hydrogen-bond donors (Lipinski definition) is 0. The molecule has 2 unspecified atom stereocenters. The van der Waals surface area contributed by atoms with E-state index in [4.69, 9.17) is 23.7 Å². The SMILES string of the molecule is CCC(C)(COCC(C)(CC)c1ccc2c(c1)OCO2)c1ccc2c(c1)OCO2. The molecular weight excluding hydrogens is 368 g/mol. The maximum absolute atomic E-state index is 6.35. The molecule has 0 radical (unpaired) electrons. The number of ether oxygens (including phenoxy) is 5. The molecule has 2 aliphatic rings. The smallest absolute Gasteiger partial charge is 0.231 e. The van der Waals surface area contributed by atoms with Gasteiger partial charge in [-0.05, 0) is 48.2 Å². The van der Waals surface area contributed by atoms with Crippen LogP contribution < -0.4 is 18.9 Å². The predicted octanol–water partition coefficient (Wildman–Crippen LogP) is 5.20. The first-order valence-electron chi connectivity index (χ1n) is 10.4. The maximum atomic E-state index is 6.35. The second-order valence-electron chi connectivity index (χ2n) is 8.46. The van der Waals surface area contributed by atoms with E-state index >= 15 is 0 Å². The van der Waals surface area contributed by atoms with Crippen LogP contribution in [-0.4, -0.2) is 26.8 Å². The summed E-state index contributed by atoms with van der Waals surface area (Å²) >= 11 is 0. The van der Waals surface area contributed by atoms with Crippen molar-refractivity contribution in [3.05, 3.63) is 47.5 Å². The largest absolute Gasteiger partial charge is 0.454 e. The van der Waals surface area contributed by atoms with Crippen LogP contribution in [0.4, 0.5) is 0 Å². The molecule has 0 amide bonds. The molecule has 156 valence electrons. The molecule has 4 rings (SSSR count). The van der Waals surface area contributed by atoms with Gasteiger partial charge in [0.1, 0.15) is 0 Å². The Labute approximate surface area is 172 Å². The van der Waals surface area contributed by atoms with Gasteiger partial charge in [0.2, 0.25) is 13.6 Å². The van der Waals surface area contributed by atoms with E-state index in [-0.39, 0.29) is 10.8 Å². The maximum Gasteiger partial charge on any atom is 0.231 e. The molecule has 2 aliphatic heterocycles. The molecule has 2 heterocycles. The normalized spacial score (nSPS) is 18.3. The molecule has 5 nitrogen and oxygen atoms in total. The standard InChI is InChI=1S/C24H30O5/c1-5-23(3,17-7-9-19-21(11-17)28-15-26-19)13-25-14-24(4,6-2)18-8-10-20-22(12-18)29-16-27-20/h7-12H,5-6,13-16H2,1-4H3. The third-order valence-electron chi connectivity index (χ3n) is 6.54. The Balaban J connectivity index is 1.46. The molecule has 0 aromatic heterocycles. The van der Waals surface area contributed by atoms with Crippen molar-refractivity contribution in [3.8, 4) is 23.0 Å². The van der Waals surface area contributed by atoms with Crippen molar-refractivity contribution in [1.29, 1.82) is 0 Å². The Bertz CT molecular complexity index is 808. The van der Waals surface area contributed by atoms with Crippen molar-refractivity contribution >= 4 is 0 Å². The van der Waals surface area contributed by atoms with Crippen LogP contribution >= 0.6 is 0 Å². The van der Waals surface area contributed by atoms with Crippen LogP contribution in [-0.2, 0) is 15.6 Å². The minimum atomic E-state index is -0.0927. The van der Waals surface area contributed by atoms with Crippen LogP contribution in [0.2, 0.25) is 0 Å². The number of hydrogen-bond acceptors (Lipinski definition) is 5. The molecule has 0 bridgehead atoms. The van der Waals surface area contributed by atoms with Crippen LogP contribution in [0.3, 0.4) is 0 Å². The Morgan fingerprint density at radius 3 is 1.52 bits per heavy atom. The second-order valence-corrected chi connectivity index (χ2v) is 8.46. The highest BCUT2D eigenvalue weighted by Gasteiger charge is 2.31. The third-order valence-corrected chi connectivity index (χ3v) is 6.54. The molecule has 0 saturated carbocycles. The summed E-state index contributed by atoms with van der Waals surface area (Å²) < 4.78 is 28.4. The Kier molecular flexibility index (Phi) is 5.34. The van der Waals surface area contributed by atoms with Crippen molar-refractivity contribution < 1.29 is 23.7 Å². The number of benzene rings is 2. The fourth-order valence-electron chi connectivity index (χ4n) is 3.82. The molecule has 2 aromatic carbocycles. The van der Waals surface area contributed by atoms with E-state index in [1.54, 1.807) is 0 Å². The molecule has 0 aliphatic carbocycles. The highest BCUT2D eigenvalue weighted by atomic mass is 16.7. The monoisotopic (exact) mass is 398 g/mol. The highest BCUT2D eigenvalue weighted by Crippen LogP contribution is 2.40. The quantitative estimate of drug-likeness (QED) is 0.612. The lowest BCUT2D eigenvalue weighted by molar-refractivity contribution is 0.0509. The minimum absolute atomic E-state index is 0.0927. The van der Waals surface area contributed by atoms with Crippen LogP contribution in [0.1, 0.15) is 51.7 Å². The summed E-state index contributed by atoms with van der Waals surface area (Å²) in [5.74, 6) is 3.27. The van der Waals surface area contributed by atoms with Gasteiger partial charge in [-0.15, -0.1) is 0 Å². The zero-order chi connectivity index (χ0) is 20.5. The first-order valence-corrected chi connectivity index (χ1v) is 10.4. The summed E-state index contributed by atoms with van der Waals surface area (Å²) in [6, 6.07) is 12.4. The second kappa shape index (κ2) is 7.79. The summed E-state index contributed by atoms with van der Waals surface area (Å²) in [6.45, 7) is 10.8. The van der Waals surface area contributed by atoms with Gasteiger partial charge in [0.15, 0.2) is 23.0 Å². The van der Waals surface area contributed by atoms with Crippen molar-refractivity contribution in [2.45, 2.75) is 51.4 Å². The van der Waals surface area contributed by atoms with E-state index < -0.39 is 0 Å². The molecule has 0 saturated heterocycles. The lowest BCUT2D eigenvalue weighted by Gasteiger charge is -2.33. The first kappa shape index (κ1) is 19.9. The Morgan fingerprint density at radius 1 is 0.690 bits per heavy atom. The van der Waals surface area contributed by atoms with E-state index in [0.717, 1.165) is 35.8 Å². The van der Waals surface area contributed by atoms with Gasteiger partial charge in [0.05, 0.1) is 13.2 Å². The topological polar surface area (TPSA) is 46.2 Å². The third kappa shape index (κ3) is 3.76. The van der Waals surface area contributed by atoms with Crippen molar-refractivity contribution in [2.24, 2.45) is 0 Å². The summed E-state index contributed by atoms with van der Waals surface area (Å²) in [5.41, 5.74) is 2.24. The fraction of sp³-hybridized carbons (Fsp3) is 0.500. The van der Waals surface area contributed by atoms with Crippen molar-refractivity contribution in [2.75, 3.05) is 26.8 Å². The molecule has 2 aromatic rings. The van der Waals surface area contributed by atoms with E-state index in [9.17, 15) is 0 Å². The van der Waals surface area contributed by atoms with Gasteiger partial charge in [-0.3, -0.25) is 0 Å². The lowest BCUT2D eigenvalue weighted by Crippen LogP contribution is -2.33. The molecule has 0 N–H and O–H groups in total. The summed E-state index contributed by atoms with van der Waals surface area (Å²) in [4.78, 5) is 0. The fourth-order valence-corrected chi connectivity index (χ4v) is 3.82. The predicted molar refractivity (Wildman–Crippen MR) is 111 cm³/mol.